The molecule has 1 fully saturated rings. The molecule has 0 unspecified atom stereocenters. The Bertz CT molecular complexity index is 1120. The van der Waals surface area contributed by atoms with Gasteiger partial charge in [0.15, 0.2) is 0 Å². The molecule has 31 heavy (non-hydrogen) atoms. The Morgan fingerprint density at radius 1 is 1.13 bits per heavy atom. The summed E-state index contributed by atoms with van der Waals surface area (Å²) in [4.78, 5) is 15.2. The molecule has 0 radical (unpaired) electrons. The van der Waals surface area contributed by atoms with Crippen molar-refractivity contribution in [2.24, 2.45) is 0 Å². The molecule has 0 saturated carbocycles. The summed E-state index contributed by atoms with van der Waals surface area (Å²) in [5, 5.41) is 4.83. The summed E-state index contributed by atoms with van der Waals surface area (Å²) in [5.74, 6) is -0.0616. The molecular formula is C24H23N3O2S2. The van der Waals surface area contributed by atoms with Crippen molar-refractivity contribution in [1.29, 1.82) is 0 Å². The van der Waals surface area contributed by atoms with Crippen LogP contribution in [0.2, 0.25) is 0 Å². The van der Waals surface area contributed by atoms with Gasteiger partial charge in [-0.25, -0.2) is 4.68 Å². The first-order valence-electron chi connectivity index (χ1n) is 10.0. The molecule has 2 aromatic carbocycles. The van der Waals surface area contributed by atoms with E-state index < -0.39 is 0 Å². The number of thiocarbonyl (C=S) groups is 1. The molecule has 0 bridgehead atoms. The van der Waals surface area contributed by atoms with E-state index in [2.05, 4.69) is 31.2 Å². The number of carbonyl (C=O) groups excluding carboxylic acids is 1. The Hall–Kier alpha value is -2.74. The second-order valence-electron chi connectivity index (χ2n) is 7.26. The summed E-state index contributed by atoms with van der Waals surface area (Å²) >= 11 is 6.79. The molecule has 1 aromatic heterocycles. The van der Waals surface area contributed by atoms with Crippen molar-refractivity contribution in [3.05, 3.63) is 76.8 Å². The molecule has 5 nitrogen and oxygen atoms in total. The predicted molar refractivity (Wildman–Crippen MR) is 130 cm³/mol. The van der Waals surface area contributed by atoms with Crippen LogP contribution in [0.1, 0.15) is 17.5 Å². The van der Waals surface area contributed by atoms with Gasteiger partial charge in [0.05, 0.1) is 16.3 Å². The van der Waals surface area contributed by atoms with Crippen LogP contribution in [-0.4, -0.2) is 45.2 Å². The van der Waals surface area contributed by atoms with Crippen molar-refractivity contribution < 1.29 is 9.53 Å². The van der Waals surface area contributed by atoms with Crippen molar-refractivity contribution in [1.82, 2.24) is 14.7 Å². The molecule has 0 atom stereocenters. The molecule has 1 aliphatic heterocycles. The molecular weight excluding hydrogens is 426 g/mol. The quantitative estimate of drug-likeness (QED) is 0.286. The topological polar surface area (TPSA) is 47.4 Å². The van der Waals surface area contributed by atoms with Crippen LogP contribution in [0.5, 0.6) is 0 Å². The molecule has 0 aliphatic carbocycles. The lowest BCUT2D eigenvalue weighted by molar-refractivity contribution is -0.122. The minimum atomic E-state index is -0.0616. The largest absolute Gasteiger partial charge is 0.385 e. The van der Waals surface area contributed by atoms with E-state index in [-0.39, 0.29) is 5.91 Å². The smallest absolute Gasteiger partial charge is 0.266 e. The van der Waals surface area contributed by atoms with Gasteiger partial charge in [0.1, 0.15) is 4.32 Å². The van der Waals surface area contributed by atoms with E-state index in [1.807, 2.05) is 47.3 Å². The fourth-order valence-corrected chi connectivity index (χ4v) is 4.64. The number of hydrogen-bond donors (Lipinski definition) is 0. The molecule has 1 saturated heterocycles. The lowest BCUT2D eigenvalue weighted by Crippen LogP contribution is -2.29. The van der Waals surface area contributed by atoms with Gasteiger partial charge in [-0.1, -0.05) is 72.0 Å². The van der Waals surface area contributed by atoms with Gasteiger partial charge in [-0.3, -0.25) is 9.69 Å². The van der Waals surface area contributed by atoms with Crippen molar-refractivity contribution in [3.63, 3.8) is 0 Å². The minimum absolute atomic E-state index is 0.0616. The third-order valence-electron chi connectivity index (χ3n) is 4.98. The summed E-state index contributed by atoms with van der Waals surface area (Å²) < 4.78 is 7.53. The first-order valence-corrected chi connectivity index (χ1v) is 11.3. The van der Waals surface area contributed by atoms with Crippen molar-refractivity contribution in [3.8, 4) is 16.9 Å². The van der Waals surface area contributed by atoms with Crippen LogP contribution >= 0.6 is 24.0 Å². The van der Waals surface area contributed by atoms with Crippen LogP contribution in [-0.2, 0) is 9.53 Å². The summed E-state index contributed by atoms with van der Waals surface area (Å²) in [6.45, 7) is 3.21. The number of thioether (sulfide) groups is 1. The Labute approximate surface area is 191 Å². The lowest BCUT2D eigenvalue weighted by Gasteiger charge is -2.13. The van der Waals surface area contributed by atoms with Crippen LogP contribution in [0, 0.1) is 6.92 Å². The zero-order valence-electron chi connectivity index (χ0n) is 17.4. The van der Waals surface area contributed by atoms with Gasteiger partial charge in [0.2, 0.25) is 0 Å². The van der Waals surface area contributed by atoms with E-state index in [0.29, 0.717) is 22.4 Å². The summed E-state index contributed by atoms with van der Waals surface area (Å²) in [6.07, 6.45) is 4.61. The number of benzene rings is 2. The van der Waals surface area contributed by atoms with Crippen LogP contribution < -0.4 is 0 Å². The van der Waals surface area contributed by atoms with Gasteiger partial charge < -0.3 is 4.74 Å². The first kappa shape index (κ1) is 21.5. The van der Waals surface area contributed by atoms with Gasteiger partial charge >= 0.3 is 0 Å². The van der Waals surface area contributed by atoms with Crippen LogP contribution in [0.3, 0.4) is 0 Å². The Balaban J connectivity index is 1.71. The van der Waals surface area contributed by atoms with Crippen molar-refractivity contribution in [2.45, 2.75) is 13.3 Å². The summed E-state index contributed by atoms with van der Waals surface area (Å²) in [6, 6.07) is 18.2. The highest BCUT2D eigenvalue weighted by Gasteiger charge is 2.32. The van der Waals surface area contributed by atoms with E-state index in [9.17, 15) is 4.79 Å². The Morgan fingerprint density at radius 2 is 1.87 bits per heavy atom. The van der Waals surface area contributed by atoms with Crippen LogP contribution in [0.25, 0.3) is 23.0 Å². The maximum Gasteiger partial charge on any atom is 0.266 e. The maximum absolute atomic E-state index is 13.0. The zero-order valence-corrected chi connectivity index (χ0v) is 19.1. The fraction of sp³-hybridized carbons (Fsp3) is 0.208. The summed E-state index contributed by atoms with van der Waals surface area (Å²) in [7, 11) is 1.65. The fourth-order valence-electron chi connectivity index (χ4n) is 3.34. The minimum Gasteiger partial charge on any atom is -0.385 e. The van der Waals surface area contributed by atoms with E-state index in [4.69, 9.17) is 22.1 Å². The van der Waals surface area contributed by atoms with Gasteiger partial charge in [0.25, 0.3) is 5.91 Å². The molecule has 0 N–H and O–H groups in total. The SMILES string of the molecule is COCCCN1C(=O)/C(=C/c2cn(-c3ccccc3)nc2-c2ccc(C)cc2)SC1=S. The van der Waals surface area contributed by atoms with E-state index in [1.165, 1.54) is 17.3 Å². The molecule has 158 valence electrons. The number of para-hydroxylation sites is 1. The third-order valence-corrected chi connectivity index (χ3v) is 6.36. The lowest BCUT2D eigenvalue weighted by atomic mass is 10.1. The molecule has 7 heteroatoms. The van der Waals surface area contributed by atoms with Crippen LogP contribution in [0.15, 0.2) is 65.7 Å². The monoisotopic (exact) mass is 449 g/mol. The van der Waals surface area contributed by atoms with E-state index in [0.717, 1.165) is 28.9 Å². The number of ether oxygens (including phenoxy) is 1. The molecule has 3 aromatic rings. The van der Waals surface area contributed by atoms with E-state index in [1.54, 1.807) is 12.0 Å². The predicted octanol–water partition coefficient (Wildman–Crippen LogP) is 5.09. The zero-order chi connectivity index (χ0) is 21.8. The third kappa shape index (κ3) is 4.79. The standard InChI is InChI=1S/C24H23N3O2S2/c1-17-9-11-18(12-10-17)22-19(16-27(25-22)20-7-4-3-5-8-20)15-21-23(28)26(24(30)31-21)13-6-14-29-2/h3-5,7-12,15-16H,6,13-14H2,1-2H3/b21-15-. The molecule has 1 aliphatic rings. The average molecular weight is 450 g/mol. The number of carbonyl (C=O) groups is 1. The van der Waals surface area contributed by atoms with Crippen LogP contribution in [0.4, 0.5) is 0 Å². The number of nitrogens with zero attached hydrogens (tertiary/aromatic N) is 3. The highest BCUT2D eigenvalue weighted by atomic mass is 32.2. The second-order valence-corrected chi connectivity index (χ2v) is 8.93. The number of hydrogen-bond acceptors (Lipinski definition) is 5. The average Bonchev–Trinajstić information content (AvgIpc) is 3.31. The number of amides is 1. The van der Waals surface area contributed by atoms with Crippen molar-refractivity contribution >= 4 is 40.3 Å². The van der Waals surface area contributed by atoms with Crippen molar-refractivity contribution in [2.75, 3.05) is 20.3 Å². The first-order chi connectivity index (χ1) is 15.1. The highest BCUT2D eigenvalue weighted by molar-refractivity contribution is 8.26. The van der Waals surface area contributed by atoms with Gasteiger partial charge in [-0.05, 0) is 31.6 Å². The van der Waals surface area contributed by atoms with Gasteiger partial charge in [-0.2, -0.15) is 5.10 Å². The second kappa shape index (κ2) is 9.60. The number of aromatic nitrogens is 2. The molecule has 0 spiro atoms. The normalized spacial score (nSPS) is 15.3. The maximum atomic E-state index is 13.0. The number of rotatable bonds is 7. The molecule has 4 rings (SSSR count). The Morgan fingerprint density at radius 3 is 2.58 bits per heavy atom. The Kier molecular flexibility index (Phi) is 6.65. The van der Waals surface area contributed by atoms with E-state index >= 15 is 0 Å². The molecule has 1 amide bonds. The van der Waals surface area contributed by atoms with Gasteiger partial charge in [0, 0.05) is 37.6 Å². The number of aryl methyl sites for hydroxylation is 1. The van der Waals surface area contributed by atoms with Gasteiger partial charge in [-0.15, -0.1) is 0 Å². The molecule has 2 heterocycles. The highest BCUT2D eigenvalue weighted by Crippen LogP contribution is 2.35. The summed E-state index contributed by atoms with van der Waals surface area (Å²) in [5.41, 5.74) is 4.85. The number of methoxy groups -OCH3 is 1.